The highest BCUT2D eigenvalue weighted by Crippen LogP contribution is 2.33. The first-order chi connectivity index (χ1) is 14.6. The molecule has 0 spiro atoms. The van der Waals surface area contributed by atoms with Crippen molar-refractivity contribution in [3.8, 4) is 17.2 Å². The van der Waals surface area contributed by atoms with Crippen molar-refractivity contribution >= 4 is 15.7 Å². The van der Waals surface area contributed by atoms with Gasteiger partial charge in [-0.2, -0.15) is 13.5 Å². The van der Waals surface area contributed by atoms with Crippen molar-refractivity contribution in [1.29, 1.82) is 0 Å². The molecule has 0 saturated heterocycles. The molecule has 0 unspecified atom stereocenters. The molecule has 0 atom stereocenters. The molecule has 3 rings (SSSR count). The quantitative estimate of drug-likeness (QED) is 0.452. The van der Waals surface area contributed by atoms with Gasteiger partial charge in [-0.15, -0.1) is 0 Å². The second kappa shape index (κ2) is 8.22. The number of hydrogen-bond acceptors (Lipinski definition) is 6. The Bertz CT molecular complexity index is 1290. The molecule has 0 fully saturated rings. The zero-order valence-corrected chi connectivity index (χ0v) is 16.9. The molecule has 31 heavy (non-hydrogen) atoms. The minimum atomic E-state index is -4.21. The van der Waals surface area contributed by atoms with Gasteiger partial charge in [-0.25, -0.2) is 12.8 Å². The average Bonchev–Trinajstić information content (AvgIpc) is 2.74. The smallest absolute Gasteiger partial charge is 0.307 e. The number of pyridine rings is 1. The first-order valence-electron chi connectivity index (χ1n) is 8.47. The maximum Gasteiger partial charge on any atom is 0.307 e. The topological polar surface area (TPSA) is 98.1 Å². The molecule has 0 radical (unpaired) electrons. The van der Waals surface area contributed by atoms with Crippen molar-refractivity contribution in [3.05, 3.63) is 76.5 Å². The maximum atomic E-state index is 14.0. The van der Waals surface area contributed by atoms with Gasteiger partial charge in [0.25, 0.3) is 10.0 Å². The van der Waals surface area contributed by atoms with E-state index in [1.165, 1.54) is 12.1 Å². The summed E-state index contributed by atoms with van der Waals surface area (Å²) in [7, 11) is -2.11. The van der Waals surface area contributed by atoms with Gasteiger partial charge >= 0.3 is 5.56 Å². The summed E-state index contributed by atoms with van der Waals surface area (Å²) < 4.78 is 77.6. The van der Waals surface area contributed by atoms with Crippen LogP contribution in [0, 0.1) is 17.5 Å². The third-order valence-corrected chi connectivity index (χ3v) is 6.03. The van der Waals surface area contributed by atoms with Crippen LogP contribution in [0.25, 0.3) is 0 Å². The van der Waals surface area contributed by atoms with Crippen LogP contribution in [0.1, 0.15) is 0 Å². The van der Waals surface area contributed by atoms with Crippen molar-refractivity contribution in [2.45, 2.75) is 4.90 Å². The van der Waals surface area contributed by atoms with Gasteiger partial charge in [0.05, 0.1) is 12.0 Å². The highest BCUT2D eigenvalue weighted by atomic mass is 32.2. The van der Waals surface area contributed by atoms with Gasteiger partial charge < -0.3 is 14.7 Å². The van der Waals surface area contributed by atoms with Crippen LogP contribution in [-0.4, -0.2) is 32.5 Å². The average molecular weight is 456 g/mol. The number of hydrogen-bond donors (Lipinski definition) is 1. The molecule has 0 amide bonds. The molecule has 1 heterocycles. The van der Waals surface area contributed by atoms with Crippen molar-refractivity contribution in [2.75, 3.05) is 18.5 Å². The summed E-state index contributed by atoms with van der Waals surface area (Å²) in [5, 5.41) is 9.43. The van der Waals surface area contributed by atoms with Crippen molar-refractivity contribution in [1.82, 2.24) is 4.73 Å². The molecule has 2 aromatic carbocycles. The number of nitrogens with zero attached hydrogens (tertiary/aromatic N) is 2. The van der Waals surface area contributed by atoms with Crippen molar-refractivity contribution < 1.29 is 36.3 Å². The lowest BCUT2D eigenvalue weighted by Crippen LogP contribution is -2.33. The SMILES string of the molecule is COc1c(F)cc(Oc2ccc(S(=O)(=O)N(C)c3cccn(O)c3=O)cc2)c(F)c1F. The molecule has 0 aliphatic heterocycles. The van der Waals surface area contributed by atoms with Crippen molar-refractivity contribution in [2.24, 2.45) is 0 Å². The first-order valence-corrected chi connectivity index (χ1v) is 9.91. The fraction of sp³-hybridized carbons (Fsp3) is 0.105. The van der Waals surface area contributed by atoms with Gasteiger partial charge in [-0.1, -0.05) is 0 Å². The molecule has 0 bridgehead atoms. The third-order valence-electron chi connectivity index (χ3n) is 4.24. The number of aromatic nitrogens is 1. The molecule has 1 aromatic heterocycles. The van der Waals surface area contributed by atoms with E-state index >= 15 is 0 Å². The third kappa shape index (κ3) is 4.01. The van der Waals surface area contributed by atoms with Crippen LogP contribution in [0.5, 0.6) is 17.2 Å². The van der Waals surface area contributed by atoms with E-state index in [0.717, 1.165) is 44.6 Å². The normalized spacial score (nSPS) is 11.3. The fourth-order valence-electron chi connectivity index (χ4n) is 2.62. The van der Waals surface area contributed by atoms with E-state index < -0.39 is 44.5 Å². The number of sulfonamides is 1. The highest BCUT2D eigenvalue weighted by Gasteiger charge is 2.25. The second-order valence-electron chi connectivity index (χ2n) is 6.11. The van der Waals surface area contributed by atoms with E-state index in [9.17, 15) is 31.6 Å². The van der Waals surface area contributed by atoms with E-state index in [-0.39, 0.29) is 21.1 Å². The monoisotopic (exact) mass is 456 g/mol. The summed E-state index contributed by atoms with van der Waals surface area (Å²) in [6.07, 6.45) is 1.04. The molecule has 0 aliphatic rings. The van der Waals surface area contributed by atoms with E-state index in [0.29, 0.717) is 10.4 Å². The van der Waals surface area contributed by atoms with Crippen LogP contribution in [0.15, 0.2) is 58.4 Å². The van der Waals surface area contributed by atoms with Crippen LogP contribution < -0.4 is 19.3 Å². The number of methoxy groups -OCH3 is 1. The summed E-state index contributed by atoms with van der Waals surface area (Å²) in [4.78, 5) is 11.7. The Balaban J connectivity index is 1.90. The summed E-state index contributed by atoms with van der Waals surface area (Å²) in [6, 6.07) is 7.53. The predicted molar refractivity (Wildman–Crippen MR) is 103 cm³/mol. The van der Waals surface area contributed by atoms with Crippen LogP contribution in [0.2, 0.25) is 0 Å². The molecular formula is C19H15F3N2O6S. The second-order valence-corrected chi connectivity index (χ2v) is 8.08. The number of anilines is 1. The van der Waals surface area contributed by atoms with E-state index in [1.54, 1.807) is 0 Å². The first kappa shape index (κ1) is 22.0. The summed E-state index contributed by atoms with van der Waals surface area (Å²) in [5.41, 5.74) is -1.26. The van der Waals surface area contributed by atoms with Crippen LogP contribution in [0.4, 0.5) is 18.9 Å². The van der Waals surface area contributed by atoms with Crippen LogP contribution in [0.3, 0.4) is 0 Å². The molecular weight excluding hydrogens is 441 g/mol. The Labute approximate surface area is 174 Å². The van der Waals surface area contributed by atoms with Gasteiger partial charge in [0, 0.05) is 19.3 Å². The van der Waals surface area contributed by atoms with E-state index in [4.69, 9.17) is 4.74 Å². The summed E-state index contributed by atoms with van der Waals surface area (Å²) >= 11 is 0. The molecule has 0 aliphatic carbocycles. The van der Waals surface area contributed by atoms with Gasteiger partial charge in [-0.05, 0) is 36.4 Å². The van der Waals surface area contributed by atoms with Gasteiger partial charge in [-0.3, -0.25) is 9.10 Å². The molecule has 8 nitrogen and oxygen atoms in total. The minimum Gasteiger partial charge on any atom is -0.491 e. The number of rotatable bonds is 6. The van der Waals surface area contributed by atoms with E-state index in [1.807, 2.05) is 0 Å². The lowest BCUT2D eigenvalue weighted by Gasteiger charge is -2.19. The molecule has 1 N–H and O–H groups in total. The van der Waals surface area contributed by atoms with Gasteiger partial charge in [0.1, 0.15) is 11.4 Å². The molecule has 164 valence electrons. The fourth-order valence-corrected chi connectivity index (χ4v) is 3.82. The molecule has 0 saturated carbocycles. The number of halogens is 3. The zero-order chi connectivity index (χ0) is 22.9. The Morgan fingerprint density at radius 1 is 1.06 bits per heavy atom. The molecule has 3 aromatic rings. The molecule has 12 heteroatoms. The lowest BCUT2D eigenvalue weighted by atomic mass is 10.2. The van der Waals surface area contributed by atoms with Crippen LogP contribution >= 0.6 is 0 Å². The Hall–Kier alpha value is -3.67. The van der Waals surface area contributed by atoms with E-state index in [2.05, 4.69) is 4.74 Å². The Kier molecular flexibility index (Phi) is 5.84. The van der Waals surface area contributed by atoms with Gasteiger partial charge in [0.15, 0.2) is 17.3 Å². The largest absolute Gasteiger partial charge is 0.491 e. The number of ether oxygens (including phenoxy) is 2. The number of benzene rings is 2. The van der Waals surface area contributed by atoms with Crippen molar-refractivity contribution in [3.63, 3.8) is 0 Å². The van der Waals surface area contributed by atoms with Crippen LogP contribution in [-0.2, 0) is 10.0 Å². The standard InChI is InChI=1S/C19H15F3N2O6S/c1-23(14-4-3-9-24(26)19(14)25)31(27,28)12-7-5-11(6-8-12)30-15-10-13(20)18(29-2)17(22)16(15)21/h3-10,26H,1-2H3. The highest BCUT2D eigenvalue weighted by molar-refractivity contribution is 7.92. The predicted octanol–water partition coefficient (Wildman–Crippen LogP) is 3.13. The summed E-state index contributed by atoms with van der Waals surface area (Å²) in [5.74, 6) is -6.03. The Morgan fingerprint density at radius 2 is 1.71 bits per heavy atom. The Morgan fingerprint density at radius 3 is 2.32 bits per heavy atom. The van der Waals surface area contributed by atoms with Gasteiger partial charge in [0.2, 0.25) is 11.6 Å². The zero-order valence-electron chi connectivity index (χ0n) is 16.0. The minimum absolute atomic E-state index is 0.109. The summed E-state index contributed by atoms with van der Waals surface area (Å²) in [6.45, 7) is 0. The lowest BCUT2D eigenvalue weighted by molar-refractivity contribution is 0.175. The maximum absolute atomic E-state index is 14.0.